The van der Waals surface area contributed by atoms with Crippen molar-refractivity contribution in [1.82, 2.24) is 9.55 Å². The summed E-state index contributed by atoms with van der Waals surface area (Å²) in [7, 11) is 0.766. The lowest BCUT2D eigenvalue weighted by molar-refractivity contribution is 0.0434. The van der Waals surface area contributed by atoms with Gasteiger partial charge in [0.05, 0.1) is 64.9 Å². The number of hydrogen-bond acceptors (Lipinski definition) is 10. The molecule has 2 aromatic carbocycles. The molecule has 1 unspecified atom stereocenters. The molecule has 0 spiro atoms. The molecule has 11 nitrogen and oxygen atoms in total. The minimum Gasteiger partial charge on any atom is -0.493 e. The molecule has 1 aliphatic heterocycles. The molecule has 0 bridgehead atoms. The topological polar surface area (TPSA) is 128 Å². The van der Waals surface area contributed by atoms with Gasteiger partial charge in [-0.05, 0) is 74.4 Å². The summed E-state index contributed by atoms with van der Waals surface area (Å²) < 4.78 is 64.4. The van der Waals surface area contributed by atoms with E-state index in [1.54, 1.807) is 39.9 Å². The van der Waals surface area contributed by atoms with E-state index in [1.165, 1.54) is 6.92 Å². The molecule has 0 saturated carbocycles. The highest BCUT2D eigenvalue weighted by Crippen LogP contribution is 2.48. The van der Waals surface area contributed by atoms with Gasteiger partial charge in [-0.25, -0.2) is 13.4 Å². The van der Waals surface area contributed by atoms with Crippen LogP contribution < -0.4 is 23.7 Å². The number of benzene rings is 2. The first-order chi connectivity index (χ1) is 21.2. The Morgan fingerprint density at radius 2 is 1.59 bits per heavy atom. The number of aromatic nitrogens is 2. The van der Waals surface area contributed by atoms with Crippen LogP contribution >= 0.6 is 0 Å². The molecule has 12 heteroatoms. The second kappa shape index (κ2) is 15.5. The Hall–Kier alpha value is -3.48. The Labute approximate surface area is 259 Å². The van der Waals surface area contributed by atoms with Crippen LogP contribution in [0.1, 0.15) is 69.3 Å². The maximum absolute atomic E-state index is 13.6. The quantitative estimate of drug-likeness (QED) is 0.196. The van der Waals surface area contributed by atoms with Crippen molar-refractivity contribution in [2.45, 2.75) is 75.7 Å². The molecule has 0 amide bonds. The first-order valence-corrected chi connectivity index (χ1v) is 16.6. The SMILES string of the molecule is CCCOc1c(OCCCCn2ccnc2)cc([C@@H]2CC[C@@H](c3cc(OC)c(OC)c(OC)c3)O2)cc1S(=O)(=O)CC(C)O. The number of hydrogen-bond donors (Lipinski definition) is 1. The molecule has 3 aromatic rings. The Balaban J connectivity index is 1.64. The summed E-state index contributed by atoms with van der Waals surface area (Å²) in [5, 5.41) is 10.0. The van der Waals surface area contributed by atoms with Crippen molar-refractivity contribution in [3.8, 4) is 28.7 Å². The third-order valence-electron chi connectivity index (χ3n) is 7.37. The van der Waals surface area contributed by atoms with Crippen molar-refractivity contribution in [3.63, 3.8) is 0 Å². The number of aliphatic hydroxyl groups is 1. The van der Waals surface area contributed by atoms with E-state index in [-0.39, 0.29) is 16.7 Å². The van der Waals surface area contributed by atoms with Crippen LogP contribution in [-0.4, -0.2) is 69.5 Å². The van der Waals surface area contributed by atoms with E-state index < -0.39 is 27.8 Å². The number of rotatable bonds is 17. The van der Waals surface area contributed by atoms with Crippen LogP contribution in [0, 0.1) is 0 Å². The molecule has 1 aromatic heterocycles. The highest BCUT2D eigenvalue weighted by Gasteiger charge is 2.33. The molecule has 1 N–H and O–H groups in total. The highest BCUT2D eigenvalue weighted by atomic mass is 32.2. The van der Waals surface area contributed by atoms with Crippen LogP contribution in [0.25, 0.3) is 0 Å². The fourth-order valence-electron chi connectivity index (χ4n) is 5.29. The Morgan fingerprint density at radius 3 is 2.16 bits per heavy atom. The van der Waals surface area contributed by atoms with Gasteiger partial charge in [0.2, 0.25) is 5.75 Å². The van der Waals surface area contributed by atoms with Gasteiger partial charge in [-0.2, -0.15) is 0 Å². The fourth-order valence-corrected chi connectivity index (χ4v) is 6.86. The van der Waals surface area contributed by atoms with E-state index in [4.69, 9.17) is 28.4 Å². The van der Waals surface area contributed by atoms with Gasteiger partial charge in [-0.15, -0.1) is 0 Å². The average Bonchev–Trinajstić information content (AvgIpc) is 3.71. The van der Waals surface area contributed by atoms with Crippen LogP contribution in [0.4, 0.5) is 0 Å². The smallest absolute Gasteiger partial charge is 0.203 e. The molecule has 0 radical (unpaired) electrons. The molecule has 1 saturated heterocycles. The van der Waals surface area contributed by atoms with E-state index >= 15 is 0 Å². The largest absolute Gasteiger partial charge is 0.493 e. The zero-order chi connectivity index (χ0) is 31.7. The molecule has 3 atom stereocenters. The van der Waals surface area contributed by atoms with Crippen molar-refractivity contribution < 1.29 is 41.9 Å². The first-order valence-electron chi connectivity index (χ1n) is 15.0. The molecule has 2 heterocycles. The van der Waals surface area contributed by atoms with Gasteiger partial charge in [0.25, 0.3) is 0 Å². The third kappa shape index (κ3) is 8.16. The van der Waals surface area contributed by atoms with Crippen LogP contribution in [-0.2, 0) is 21.1 Å². The Morgan fingerprint density at radius 1 is 0.932 bits per heavy atom. The van der Waals surface area contributed by atoms with Crippen molar-refractivity contribution in [2.24, 2.45) is 0 Å². The lowest BCUT2D eigenvalue weighted by atomic mass is 10.0. The predicted molar refractivity (Wildman–Crippen MR) is 165 cm³/mol. The van der Waals surface area contributed by atoms with Gasteiger partial charge in [0, 0.05) is 18.9 Å². The summed E-state index contributed by atoms with van der Waals surface area (Å²) in [6.45, 7) is 4.89. The molecule has 44 heavy (non-hydrogen) atoms. The molecule has 1 fully saturated rings. The standard InChI is InChI=1S/C32H44N2O9S/c1-6-14-42-32-29(41-15-8-7-12-34-13-11-33-21-34)18-24(19-30(32)44(36,37)20-22(2)35)26-10-9-25(43-26)23-16-27(38-3)31(40-5)28(17-23)39-4/h11,13,16-19,21-22,25-26,35H,6-10,12,14-15,20H2,1-5H3/t22?,25-,26-/m0/s1. The van der Waals surface area contributed by atoms with Gasteiger partial charge < -0.3 is 38.1 Å². The molecule has 1 aliphatic rings. The van der Waals surface area contributed by atoms with Crippen LogP contribution in [0.2, 0.25) is 0 Å². The zero-order valence-corrected chi connectivity index (χ0v) is 27.0. The predicted octanol–water partition coefficient (Wildman–Crippen LogP) is 5.30. The number of aliphatic hydroxyl groups excluding tert-OH is 1. The minimum absolute atomic E-state index is 0.00222. The average molecular weight is 633 g/mol. The van der Waals surface area contributed by atoms with E-state index in [0.717, 1.165) is 24.9 Å². The van der Waals surface area contributed by atoms with Gasteiger partial charge in [-0.3, -0.25) is 0 Å². The summed E-state index contributed by atoms with van der Waals surface area (Å²) in [6, 6.07) is 7.17. The van der Waals surface area contributed by atoms with Gasteiger partial charge >= 0.3 is 0 Å². The number of nitrogens with zero attached hydrogens (tertiary/aromatic N) is 2. The number of ether oxygens (including phenoxy) is 6. The third-order valence-corrected chi connectivity index (χ3v) is 9.26. The van der Waals surface area contributed by atoms with Crippen LogP contribution in [0.5, 0.6) is 28.7 Å². The molecular formula is C32H44N2O9S. The fraction of sp³-hybridized carbons (Fsp3) is 0.531. The summed E-state index contributed by atoms with van der Waals surface area (Å²) in [5.41, 5.74) is 1.53. The van der Waals surface area contributed by atoms with Gasteiger partial charge in [0.15, 0.2) is 32.8 Å². The number of methoxy groups -OCH3 is 3. The van der Waals surface area contributed by atoms with E-state index in [2.05, 4.69) is 4.98 Å². The summed E-state index contributed by atoms with van der Waals surface area (Å²) in [6.07, 6.45) is 7.32. The van der Waals surface area contributed by atoms with Crippen molar-refractivity contribution in [3.05, 3.63) is 54.1 Å². The maximum atomic E-state index is 13.6. The number of aryl methyl sites for hydroxylation is 1. The van der Waals surface area contributed by atoms with Crippen molar-refractivity contribution in [1.29, 1.82) is 0 Å². The number of unbranched alkanes of at least 4 members (excludes halogenated alkanes) is 1. The minimum atomic E-state index is -3.92. The van der Waals surface area contributed by atoms with Crippen LogP contribution in [0.15, 0.2) is 47.9 Å². The highest BCUT2D eigenvalue weighted by molar-refractivity contribution is 7.91. The molecule has 242 valence electrons. The summed E-state index contributed by atoms with van der Waals surface area (Å²) in [4.78, 5) is 4.07. The summed E-state index contributed by atoms with van der Waals surface area (Å²) in [5.74, 6) is 1.63. The van der Waals surface area contributed by atoms with Crippen molar-refractivity contribution >= 4 is 9.84 Å². The zero-order valence-electron chi connectivity index (χ0n) is 26.2. The number of sulfone groups is 1. The molecule has 0 aliphatic carbocycles. The lowest BCUT2D eigenvalue weighted by Gasteiger charge is -2.21. The second-order valence-corrected chi connectivity index (χ2v) is 12.8. The Bertz CT molecular complexity index is 1430. The molecular weight excluding hydrogens is 588 g/mol. The molecule has 4 rings (SSSR count). The lowest BCUT2D eigenvalue weighted by Crippen LogP contribution is -2.19. The van der Waals surface area contributed by atoms with E-state index in [1.807, 2.05) is 35.9 Å². The van der Waals surface area contributed by atoms with Crippen LogP contribution in [0.3, 0.4) is 0 Å². The second-order valence-electron chi connectivity index (χ2n) is 10.8. The Kier molecular flexibility index (Phi) is 11.8. The first kappa shape index (κ1) is 33.4. The van der Waals surface area contributed by atoms with Gasteiger partial charge in [-0.1, -0.05) is 6.92 Å². The van der Waals surface area contributed by atoms with Crippen molar-refractivity contribution in [2.75, 3.05) is 40.3 Å². The van der Waals surface area contributed by atoms with E-state index in [0.29, 0.717) is 61.0 Å². The van der Waals surface area contributed by atoms with E-state index in [9.17, 15) is 13.5 Å². The maximum Gasteiger partial charge on any atom is 0.203 e. The normalized spacial score (nSPS) is 17.3. The number of imidazole rings is 1. The van der Waals surface area contributed by atoms with Gasteiger partial charge in [0.1, 0.15) is 4.90 Å². The summed E-state index contributed by atoms with van der Waals surface area (Å²) >= 11 is 0. The monoisotopic (exact) mass is 632 g/mol.